The van der Waals surface area contributed by atoms with Crippen LogP contribution < -0.4 is 0 Å². The van der Waals surface area contributed by atoms with Crippen molar-refractivity contribution in [3.05, 3.63) is 28.7 Å². The Labute approximate surface area is 113 Å². The molecule has 1 N–H and O–H groups in total. The van der Waals surface area contributed by atoms with Gasteiger partial charge >= 0.3 is 5.97 Å². The predicted molar refractivity (Wildman–Crippen MR) is 66.5 cm³/mol. The first-order valence-corrected chi connectivity index (χ1v) is 5.86. The monoisotopic (exact) mass is 282 g/mol. The minimum atomic E-state index is -0.541. The molecule has 7 nitrogen and oxygen atoms in total. The van der Waals surface area contributed by atoms with Crippen molar-refractivity contribution in [3.8, 4) is 11.8 Å². The van der Waals surface area contributed by atoms with E-state index in [0.29, 0.717) is 5.69 Å². The van der Waals surface area contributed by atoms with Gasteiger partial charge in [0.15, 0.2) is 5.69 Å². The standard InChI is InChI=1S/C11H11ClN4O3/c1-3-19-10(18)8-4-6(2)15-16(8)11-13-5-7(12)9(17)14-11/h4-5H,3H2,1-2H3,(H,13,14,17). The summed E-state index contributed by atoms with van der Waals surface area (Å²) in [7, 11) is 0. The SMILES string of the molecule is CCOC(=O)c1cc(C)nn1-c1ncc(Cl)c(O)n1. The Bertz CT molecular complexity index is 626. The first-order valence-electron chi connectivity index (χ1n) is 5.48. The molecule has 0 aliphatic carbocycles. The average Bonchev–Trinajstić information content (AvgIpc) is 2.75. The van der Waals surface area contributed by atoms with Gasteiger partial charge < -0.3 is 9.84 Å². The van der Waals surface area contributed by atoms with Crippen molar-refractivity contribution in [2.45, 2.75) is 13.8 Å². The Morgan fingerprint density at radius 1 is 1.58 bits per heavy atom. The van der Waals surface area contributed by atoms with E-state index in [0.717, 1.165) is 0 Å². The zero-order valence-electron chi connectivity index (χ0n) is 10.3. The van der Waals surface area contributed by atoms with E-state index in [2.05, 4.69) is 15.1 Å². The number of aryl methyl sites for hydroxylation is 1. The van der Waals surface area contributed by atoms with E-state index in [1.54, 1.807) is 19.9 Å². The van der Waals surface area contributed by atoms with Crippen molar-refractivity contribution in [3.63, 3.8) is 0 Å². The number of rotatable bonds is 3. The van der Waals surface area contributed by atoms with Crippen molar-refractivity contribution >= 4 is 17.6 Å². The number of esters is 1. The van der Waals surface area contributed by atoms with Crippen molar-refractivity contribution in [2.24, 2.45) is 0 Å². The van der Waals surface area contributed by atoms with Crippen LogP contribution in [-0.4, -0.2) is 37.4 Å². The molecule has 0 spiro atoms. The maximum Gasteiger partial charge on any atom is 0.357 e. The molecule has 0 unspecified atom stereocenters. The van der Waals surface area contributed by atoms with Gasteiger partial charge in [-0.25, -0.2) is 9.78 Å². The van der Waals surface area contributed by atoms with Gasteiger partial charge in [-0.05, 0) is 19.9 Å². The molecule has 0 atom stereocenters. The van der Waals surface area contributed by atoms with Gasteiger partial charge in [-0.15, -0.1) is 0 Å². The summed E-state index contributed by atoms with van der Waals surface area (Å²) in [6.07, 6.45) is 1.23. The van der Waals surface area contributed by atoms with Crippen LogP contribution in [0.4, 0.5) is 0 Å². The van der Waals surface area contributed by atoms with Crippen LogP contribution in [0.3, 0.4) is 0 Å². The van der Waals surface area contributed by atoms with Gasteiger partial charge in [0, 0.05) is 0 Å². The second-order valence-corrected chi connectivity index (χ2v) is 4.05. The normalized spacial score (nSPS) is 10.5. The molecule has 0 aromatic carbocycles. The second kappa shape index (κ2) is 5.23. The molecule has 8 heteroatoms. The van der Waals surface area contributed by atoms with Crippen LogP contribution in [0.15, 0.2) is 12.3 Å². The first-order chi connectivity index (χ1) is 9.02. The number of aromatic hydroxyl groups is 1. The largest absolute Gasteiger partial charge is 0.492 e. The first kappa shape index (κ1) is 13.3. The molecule has 0 radical (unpaired) electrons. The second-order valence-electron chi connectivity index (χ2n) is 3.64. The molecule has 2 aromatic rings. The van der Waals surface area contributed by atoms with E-state index >= 15 is 0 Å². The summed E-state index contributed by atoms with van der Waals surface area (Å²) in [5.41, 5.74) is 0.780. The highest BCUT2D eigenvalue weighted by Gasteiger charge is 2.18. The predicted octanol–water partition coefficient (Wildman–Crippen LogP) is 1.51. The summed E-state index contributed by atoms with van der Waals surface area (Å²) in [6.45, 7) is 3.67. The van der Waals surface area contributed by atoms with Crippen molar-refractivity contribution in [2.75, 3.05) is 6.61 Å². The smallest absolute Gasteiger partial charge is 0.357 e. The van der Waals surface area contributed by atoms with Crippen LogP contribution in [0.5, 0.6) is 5.88 Å². The van der Waals surface area contributed by atoms with Gasteiger partial charge in [0.1, 0.15) is 5.02 Å². The van der Waals surface area contributed by atoms with Crippen LogP contribution in [0.1, 0.15) is 23.1 Å². The highest BCUT2D eigenvalue weighted by molar-refractivity contribution is 6.31. The fourth-order valence-electron chi connectivity index (χ4n) is 1.45. The van der Waals surface area contributed by atoms with Gasteiger partial charge in [-0.2, -0.15) is 14.8 Å². The molecule has 0 saturated heterocycles. The van der Waals surface area contributed by atoms with E-state index < -0.39 is 5.97 Å². The molecule has 0 saturated carbocycles. The molecule has 19 heavy (non-hydrogen) atoms. The molecular formula is C11H11ClN4O3. The Hall–Kier alpha value is -2.15. The fraction of sp³-hybridized carbons (Fsp3) is 0.273. The number of hydrogen-bond donors (Lipinski definition) is 1. The molecule has 2 aromatic heterocycles. The lowest BCUT2D eigenvalue weighted by Crippen LogP contribution is -2.14. The third-order valence-corrected chi connectivity index (χ3v) is 2.49. The minimum Gasteiger partial charge on any atom is -0.492 e. The summed E-state index contributed by atoms with van der Waals surface area (Å²) in [4.78, 5) is 19.5. The molecule has 2 heterocycles. The van der Waals surface area contributed by atoms with Crippen LogP contribution >= 0.6 is 11.6 Å². The molecule has 0 aliphatic heterocycles. The van der Waals surface area contributed by atoms with E-state index in [1.807, 2.05) is 0 Å². The van der Waals surface area contributed by atoms with E-state index in [1.165, 1.54) is 10.9 Å². The average molecular weight is 283 g/mol. The third-order valence-electron chi connectivity index (χ3n) is 2.22. The van der Waals surface area contributed by atoms with Gasteiger partial charge in [0.05, 0.1) is 18.5 Å². The lowest BCUT2D eigenvalue weighted by Gasteiger charge is -2.05. The molecular weight excluding hydrogens is 272 g/mol. The van der Waals surface area contributed by atoms with Gasteiger partial charge in [0.25, 0.3) is 5.95 Å². The zero-order chi connectivity index (χ0) is 14.0. The van der Waals surface area contributed by atoms with Gasteiger partial charge in [0.2, 0.25) is 5.88 Å². The number of hydrogen-bond acceptors (Lipinski definition) is 6. The Morgan fingerprint density at radius 3 is 2.95 bits per heavy atom. The highest BCUT2D eigenvalue weighted by Crippen LogP contribution is 2.20. The minimum absolute atomic E-state index is 0.0188. The molecule has 2 rings (SSSR count). The molecule has 0 fully saturated rings. The van der Waals surface area contributed by atoms with Crippen LogP contribution in [0, 0.1) is 6.92 Å². The number of carbonyl (C=O) groups is 1. The van der Waals surface area contributed by atoms with Gasteiger partial charge in [-0.3, -0.25) is 0 Å². The van der Waals surface area contributed by atoms with Crippen LogP contribution in [0.25, 0.3) is 5.95 Å². The summed E-state index contributed by atoms with van der Waals surface area (Å²) in [6, 6.07) is 1.55. The Kier molecular flexibility index (Phi) is 3.66. The molecule has 0 aliphatic rings. The summed E-state index contributed by atoms with van der Waals surface area (Å²) in [5.74, 6) is -0.881. The number of ether oxygens (including phenoxy) is 1. The summed E-state index contributed by atoms with van der Waals surface area (Å²) < 4.78 is 6.11. The van der Waals surface area contributed by atoms with Crippen molar-refractivity contribution in [1.29, 1.82) is 0 Å². The molecule has 0 amide bonds. The fourth-order valence-corrected chi connectivity index (χ4v) is 1.54. The van der Waals surface area contributed by atoms with E-state index in [-0.39, 0.29) is 29.2 Å². The number of halogens is 1. The lowest BCUT2D eigenvalue weighted by molar-refractivity contribution is 0.0515. The van der Waals surface area contributed by atoms with Crippen LogP contribution in [-0.2, 0) is 4.74 Å². The Balaban J connectivity index is 2.49. The maximum atomic E-state index is 11.8. The molecule has 100 valence electrons. The topological polar surface area (TPSA) is 90.1 Å². The summed E-state index contributed by atoms with van der Waals surface area (Å²) >= 11 is 5.63. The molecule has 0 bridgehead atoms. The van der Waals surface area contributed by atoms with Gasteiger partial charge in [-0.1, -0.05) is 11.6 Å². The third kappa shape index (κ3) is 2.65. The number of aromatic nitrogens is 4. The quantitative estimate of drug-likeness (QED) is 0.858. The summed E-state index contributed by atoms with van der Waals surface area (Å²) in [5, 5.41) is 13.6. The van der Waals surface area contributed by atoms with Crippen molar-refractivity contribution in [1.82, 2.24) is 19.7 Å². The van der Waals surface area contributed by atoms with E-state index in [4.69, 9.17) is 16.3 Å². The highest BCUT2D eigenvalue weighted by atomic mass is 35.5. The lowest BCUT2D eigenvalue weighted by atomic mass is 10.4. The zero-order valence-corrected chi connectivity index (χ0v) is 11.0. The van der Waals surface area contributed by atoms with Crippen molar-refractivity contribution < 1.29 is 14.6 Å². The number of carbonyl (C=O) groups excluding carboxylic acids is 1. The Morgan fingerprint density at radius 2 is 2.32 bits per heavy atom. The maximum absolute atomic E-state index is 11.8. The number of nitrogens with zero attached hydrogens (tertiary/aromatic N) is 4. The van der Waals surface area contributed by atoms with Crippen LogP contribution in [0.2, 0.25) is 5.02 Å². The van der Waals surface area contributed by atoms with E-state index in [9.17, 15) is 9.90 Å².